The van der Waals surface area contributed by atoms with Gasteiger partial charge in [0.1, 0.15) is 0 Å². The summed E-state index contributed by atoms with van der Waals surface area (Å²) in [6.07, 6.45) is 5.25. The van der Waals surface area contributed by atoms with Crippen LogP contribution in [0.5, 0.6) is 0 Å². The largest absolute Gasteiger partial charge is 0.314 e. The minimum atomic E-state index is 0.584. The molecule has 0 fully saturated rings. The third-order valence-corrected chi connectivity index (χ3v) is 3.85. The lowest BCUT2D eigenvalue weighted by Gasteiger charge is -2.20. The average molecular weight is 275 g/mol. The van der Waals surface area contributed by atoms with Crippen LogP contribution in [0, 0.1) is 18.8 Å². The molecule has 0 aliphatic rings. The maximum absolute atomic E-state index is 3.62. The normalized spacial score (nSPS) is 13.2. The number of hydrogen-bond donors (Lipinski definition) is 1. The van der Waals surface area contributed by atoms with E-state index in [-0.39, 0.29) is 0 Å². The smallest absolute Gasteiger partial charge is 0.00104 e. The number of aryl methyl sites for hydroxylation is 1. The van der Waals surface area contributed by atoms with Crippen molar-refractivity contribution in [3.8, 4) is 0 Å². The first-order valence-corrected chi connectivity index (χ1v) is 8.26. The SMILES string of the molecule is Cc1ccc(CC(CCCC(C)C)CNC(C)C)cc1. The molecule has 0 spiro atoms. The molecule has 1 N–H and O–H groups in total. The summed E-state index contributed by atoms with van der Waals surface area (Å²) in [6, 6.07) is 9.63. The number of rotatable bonds is 9. The lowest BCUT2D eigenvalue weighted by Crippen LogP contribution is -2.30. The van der Waals surface area contributed by atoms with Crippen molar-refractivity contribution in [1.29, 1.82) is 0 Å². The Morgan fingerprint density at radius 3 is 2.15 bits per heavy atom. The molecule has 0 bridgehead atoms. The molecule has 0 aliphatic heterocycles. The van der Waals surface area contributed by atoms with Crippen LogP contribution in [0.2, 0.25) is 0 Å². The predicted octanol–water partition coefficient (Wildman–Crippen LogP) is 4.98. The summed E-state index contributed by atoms with van der Waals surface area (Å²) in [4.78, 5) is 0. The van der Waals surface area contributed by atoms with Crippen LogP contribution in [0.25, 0.3) is 0 Å². The van der Waals surface area contributed by atoms with Crippen molar-refractivity contribution in [2.45, 2.75) is 66.3 Å². The van der Waals surface area contributed by atoms with Gasteiger partial charge in [0.05, 0.1) is 0 Å². The summed E-state index contributed by atoms with van der Waals surface area (Å²) in [7, 11) is 0. The van der Waals surface area contributed by atoms with Crippen LogP contribution in [0.3, 0.4) is 0 Å². The van der Waals surface area contributed by atoms with Crippen LogP contribution in [0.1, 0.15) is 58.1 Å². The zero-order valence-electron chi connectivity index (χ0n) is 14.1. The monoisotopic (exact) mass is 275 g/mol. The molecule has 1 atom stereocenters. The van der Waals surface area contributed by atoms with Gasteiger partial charge in [0.15, 0.2) is 0 Å². The van der Waals surface area contributed by atoms with Crippen molar-refractivity contribution in [1.82, 2.24) is 5.32 Å². The molecular weight excluding hydrogens is 242 g/mol. The molecule has 1 aromatic rings. The maximum atomic E-state index is 3.62. The van der Waals surface area contributed by atoms with Gasteiger partial charge in [0.2, 0.25) is 0 Å². The van der Waals surface area contributed by atoms with Gasteiger partial charge in [-0.05, 0) is 43.7 Å². The molecule has 1 unspecified atom stereocenters. The van der Waals surface area contributed by atoms with Crippen molar-refractivity contribution in [2.24, 2.45) is 11.8 Å². The topological polar surface area (TPSA) is 12.0 Å². The lowest BCUT2D eigenvalue weighted by atomic mass is 9.92. The highest BCUT2D eigenvalue weighted by molar-refractivity contribution is 5.21. The molecule has 1 nitrogen and oxygen atoms in total. The Hall–Kier alpha value is -0.820. The summed E-state index contributed by atoms with van der Waals surface area (Å²) in [5.41, 5.74) is 2.83. The van der Waals surface area contributed by atoms with Crippen LogP contribution >= 0.6 is 0 Å². The number of benzene rings is 1. The summed E-state index contributed by atoms with van der Waals surface area (Å²) in [5.74, 6) is 1.59. The van der Waals surface area contributed by atoms with Crippen LogP contribution < -0.4 is 5.32 Å². The van der Waals surface area contributed by atoms with Gasteiger partial charge < -0.3 is 5.32 Å². The van der Waals surface area contributed by atoms with E-state index in [4.69, 9.17) is 0 Å². The fourth-order valence-electron chi connectivity index (χ4n) is 2.55. The molecule has 0 saturated carbocycles. The minimum Gasteiger partial charge on any atom is -0.314 e. The molecule has 1 aromatic carbocycles. The summed E-state index contributed by atoms with van der Waals surface area (Å²) >= 11 is 0. The fourth-order valence-corrected chi connectivity index (χ4v) is 2.55. The first-order chi connectivity index (χ1) is 9.47. The van der Waals surface area contributed by atoms with E-state index in [1.54, 1.807) is 0 Å². The third-order valence-electron chi connectivity index (χ3n) is 3.85. The molecule has 1 heteroatoms. The van der Waals surface area contributed by atoms with Crippen LogP contribution in [-0.4, -0.2) is 12.6 Å². The second kappa shape index (κ2) is 9.18. The Kier molecular flexibility index (Phi) is 7.91. The van der Waals surface area contributed by atoms with Crippen molar-refractivity contribution in [3.63, 3.8) is 0 Å². The molecule has 0 aliphatic carbocycles. The van der Waals surface area contributed by atoms with E-state index in [0.717, 1.165) is 18.4 Å². The van der Waals surface area contributed by atoms with Gasteiger partial charge in [-0.15, -0.1) is 0 Å². The van der Waals surface area contributed by atoms with E-state index in [0.29, 0.717) is 6.04 Å². The Bertz CT molecular complexity index is 351. The zero-order valence-corrected chi connectivity index (χ0v) is 14.1. The highest BCUT2D eigenvalue weighted by Crippen LogP contribution is 2.17. The van der Waals surface area contributed by atoms with E-state index in [1.165, 1.54) is 36.8 Å². The van der Waals surface area contributed by atoms with Gasteiger partial charge >= 0.3 is 0 Å². The molecule has 0 heterocycles. The van der Waals surface area contributed by atoms with Crippen molar-refractivity contribution < 1.29 is 0 Å². The van der Waals surface area contributed by atoms with Gasteiger partial charge in [0.25, 0.3) is 0 Å². The van der Waals surface area contributed by atoms with Crippen LogP contribution in [0.4, 0.5) is 0 Å². The van der Waals surface area contributed by atoms with Gasteiger partial charge in [-0.25, -0.2) is 0 Å². The Morgan fingerprint density at radius 2 is 1.60 bits per heavy atom. The number of nitrogens with one attached hydrogen (secondary N) is 1. The van der Waals surface area contributed by atoms with Crippen molar-refractivity contribution in [3.05, 3.63) is 35.4 Å². The Labute approximate surface area is 126 Å². The van der Waals surface area contributed by atoms with Gasteiger partial charge in [0, 0.05) is 6.04 Å². The van der Waals surface area contributed by atoms with Gasteiger partial charge in [-0.3, -0.25) is 0 Å². The van der Waals surface area contributed by atoms with E-state index >= 15 is 0 Å². The van der Waals surface area contributed by atoms with Crippen LogP contribution in [-0.2, 0) is 6.42 Å². The standard InChI is InChI=1S/C19H33N/c1-15(2)7-6-8-19(14-20-16(3)4)13-18-11-9-17(5)10-12-18/h9-12,15-16,19-20H,6-8,13-14H2,1-5H3. The predicted molar refractivity (Wildman–Crippen MR) is 90.2 cm³/mol. The van der Waals surface area contributed by atoms with E-state index in [1.807, 2.05) is 0 Å². The Balaban J connectivity index is 2.49. The average Bonchev–Trinajstić information content (AvgIpc) is 2.37. The molecule has 0 amide bonds. The molecule has 0 aromatic heterocycles. The lowest BCUT2D eigenvalue weighted by molar-refractivity contribution is 0.393. The fraction of sp³-hybridized carbons (Fsp3) is 0.684. The third kappa shape index (κ3) is 7.69. The molecule has 114 valence electrons. The number of hydrogen-bond acceptors (Lipinski definition) is 1. The van der Waals surface area contributed by atoms with Gasteiger partial charge in [-0.2, -0.15) is 0 Å². The maximum Gasteiger partial charge on any atom is 0.00104 e. The van der Waals surface area contributed by atoms with E-state index < -0.39 is 0 Å². The quantitative estimate of drug-likeness (QED) is 0.670. The minimum absolute atomic E-state index is 0.584. The van der Waals surface area contributed by atoms with Gasteiger partial charge in [-0.1, -0.05) is 70.4 Å². The second-order valence-electron chi connectivity index (χ2n) is 6.94. The Morgan fingerprint density at radius 1 is 0.950 bits per heavy atom. The summed E-state index contributed by atoms with van der Waals surface area (Å²) < 4.78 is 0. The first-order valence-electron chi connectivity index (χ1n) is 8.26. The van der Waals surface area contributed by atoms with E-state index in [9.17, 15) is 0 Å². The molecule has 0 radical (unpaired) electrons. The molecule has 20 heavy (non-hydrogen) atoms. The first kappa shape index (κ1) is 17.2. The molecular formula is C19H33N. The molecule has 0 saturated heterocycles. The van der Waals surface area contributed by atoms with E-state index in [2.05, 4.69) is 64.2 Å². The highest BCUT2D eigenvalue weighted by atomic mass is 14.9. The molecule has 1 rings (SSSR count). The summed E-state index contributed by atoms with van der Waals surface area (Å²) in [6.45, 7) is 12.4. The zero-order chi connectivity index (χ0) is 15.0. The highest BCUT2D eigenvalue weighted by Gasteiger charge is 2.11. The second-order valence-corrected chi connectivity index (χ2v) is 6.94. The van der Waals surface area contributed by atoms with Crippen molar-refractivity contribution in [2.75, 3.05) is 6.54 Å². The van der Waals surface area contributed by atoms with Crippen LogP contribution in [0.15, 0.2) is 24.3 Å². The summed E-state index contributed by atoms with van der Waals surface area (Å²) in [5, 5.41) is 3.62. The van der Waals surface area contributed by atoms with Crippen molar-refractivity contribution >= 4 is 0 Å².